The van der Waals surface area contributed by atoms with Gasteiger partial charge in [0.15, 0.2) is 0 Å². The lowest BCUT2D eigenvalue weighted by Crippen LogP contribution is -2.32. The summed E-state index contributed by atoms with van der Waals surface area (Å²) in [6, 6.07) is 4.19. The highest BCUT2D eigenvalue weighted by molar-refractivity contribution is 14.1. The van der Waals surface area contributed by atoms with Gasteiger partial charge in [0.1, 0.15) is 0 Å². The van der Waals surface area contributed by atoms with Crippen molar-refractivity contribution < 1.29 is 19.8 Å². The molecule has 0 aliphatic rings. The van der Waals surface area contributed by atoms with Gasteiger partial charge in [-0.05, 0) is 47.2 Å². The molecule has 19 heavy (non-hydrogen) atoms. The molecule has 0 bridgehead atoms. The van der Waals surface area contributed by atoms with Gasteiger partial charge in [-0.15, -0.1) is 0 Å². The number of carbonyl (C=O) groups excluding carboxylic acids is 1. The van der Waals surface area contributed by atoms with Crippen LogP contribution in [0, 0.1) is 3.57 Å². The molecule has 7 heteroatoms. The summed E-state index contributed by atoms with van der Waals surface area (Å²) in [7, 11) is 1.61. The molecule has 0 saturated heterocycles. The van der Waals surface area contributed by atoms with E-state index in [0.29, 0.717) is 18.7 Å². The van der Waals surface area contributed by atoms with Crippen LogP contribution in [0.5, 0.6) is 0 Å². The lowest BCUT2D eigenvalue weighted by molar-refractivity contribution is 0.0697. The number of benzene rings is 1. The number of aromatic carboxylic acids is 1. The summed E-state index contributed by atoms with van der Waals surface area (Å²) in [5, 5.41) is 20.3. The molecular weight excluding hydrogens is 363 g/mol. The van der Waals surface area contributed by atoms with Crippen LogP contribution in [-0.2, 0) is 0 Å². The molecule has 0 aromatic heterocycles. The number of hydrogen-bond donors (Lipinski definition) is 3. The third-order valence-corrected chi connectivity index (χ3v) is 3.39. The van der Waals surface area contributed by atoms with E-state index in [0.717, 1.165) is 3.57 Å². The lowest BCUT2D eigenvalue weighted by atomic mass is 10.2. The van der Waals surface area contributed by atoms with Gasteiger partial charge in [0, 0.05) is 23.8 Å². The zero-order valence-corrected chi connectivity index (χ0v) is 12.5. The number of halogens is 1. The molecule has 2 amide bonds. The molecule has 0 atom stereocenters. The van der Waals surface area contributed by atoms with Crippen molar-refractivity contribution in [2.75, 3.05) is 25.5 Å². The fourth-order valence-electron chi connectivity index (χ4n) is 1.37. The fourth-order valence-corrected chi connectivity index (χ4v) is 1.84. The van der Waals surface area contributed by atoms with Crippen molar-refractivity contribution in [2.45, 2.75) is 6.42 Å². The van der Waals surface area contributed by atoms with Crippen molar-refractivity contribution in [1.82, 2.24) is 4.90 Å². The van der Waals surface area contributed by atoms with Gasteiger partial charge >= 0.3 is 12.0 Å². The highest BCUT2D eigenvalue weighted by Gasteiger charge is 2.12. The number of aliphatic hydroxyl groups is 1. The largest absolute Gasteiger partial charge is 0.478 e. The smallest absolute Gasteiger partial charge is 0.335 e. The van der Waals surface area contributed by atoms with E-state index in [1.54, 1.807) is 13.1 Å². The summed E-state index contributed by atoms with van der Waals surface area (Å²) in [5.41, 5.74) is 0.579. The van der Waals surface area contributed by atoms with Crippen LogP contribution >= 0.6 is 22.6 Å². The molecule has 1 rings (SSSR count). The Kier molecular flexibility index (Phi) is 6.03. The minimum atomic E-state index is -1.04. The number of nitrogens with zero attached hydrogens (tertiary/aromatic N) is 1. The van der Waals surface area contributed by atoms with Crippen LogP contribution in [-0.4, -0.2) is 47.3 Å². The number of hydrogen-bond acceptors (Lipinski definition) is 3. The van der Waals surface area contributed by atoms with Crippen molar-refractivity contribution in [3.05, 3.63) is 27.3 Å². The van der Waals surface area contributed by atoms with Crippen molar-refractivity contribution in [3.63, 3.8) is 0 Å². The van der Waals surface area contributed by atoms with Crippen molar-refractivity contribution >= 4 is 40.3 Å². The molecular formula is C12H15IN2O4. The molecule has 1 aromatic carbocycles. The van der Waals surface area contributed by atoms with Crippen molar-refractivity contribution in [3.8, 4) is 0 Å². The average Bonchev–Trinajstić information content (AvgIpc) is 2.38. The second-order valence-corrected chi connectivity index (χ2v) is 5.09. The standard InChI is InChI=1S/C12H15IN2O4/c1-15(5-2-6-16)12(19)14-10-7-8(11(17)18)3-4-9(10)13/h3-4,7,16H,2,5-6H2,1H3,(H,14,19)(H,17,18). The van der Waals surface area contributed by atoms with E-state index >= 15 is 0 Å². The Hall–Kier alpha value is -1.35. The number of rotatable bonds is 5. The topological polar surface area (TPSA) is 89.9 Å². The summed E-state index contributed by atoms with van der Waals surface area (Å²) >= 11 is 2.02. The molecule has 0 aliphatic heterocycles. The summed E-state index contributed by atoms with van der Waals surface area (Å²) in [4.78, 5) is 24.1. The van der Waals surface area contributed by atoms with E-state index in [4.69, 9.17) is 10.2 Å². The van der Waals surface area contributed by atoms with Gasteiger partial charge in [0.05, 0.1) is 11.3 Å². The predicted molar refractivity (Wildman–Crippen MR) is 79.5 cm³/mol. The molecule has 0 aliphatic carbocycles. The molecule has 1 aromatic rings. The van der Waals surface area contributed by atoms with Gasteiger partial charge in [-0.2, -0.15) is 0 Å². The number of aliphatic hydroxyl groups excluding tert-OH is 1. The zero-order chi connectivity index (χ0) is 14.4. The van der Waals surface area contributed by atoms with E-state index in [9.17, 15) is 9.59 Å². The van der Waals surface area contributed by atoms with Gasteiger partial charge in [0.25, 0.3) is 0 Å². The van der Waals surface area contributed by atoms with Gasteiger partial charge in [-0.25, -0.2) is 9.59 Å². The van der Waals surface area contributed by atoms with Crippen molar-refractivity contribution in [2.24, 2.45) is 0 Å². The maximum Gasteiger partial charge on any atom is 0.335 e. The molecule has 0 unspecified atom stereocenters. The van der Waals surface area contributed by atoms with Gasteiger partial charge in [-0.1, -0.05) is 0 Å². The summed E-state index contributed by atoms with van der Waals surface area (Å²) in [6.45, 7) is 0.446. The molecule has 6 nitrogen and oxygen atoms in total. The van der Waals surface area contributed by atoms with E-state index in [1.807, 2.05) is 22.6 Å². The number of carboxylic acid groups (broad SMARTS) is 1. The van der Waals surface area contributed by atoms with Crippen LogP contribution in [0.3, 0.4) is 0 Å². The number of urea groups is 1. The molecule has 0 radical (unpaired) electrons. The van der Waals surface area contributed by atoms with Crippen LogP contribution in [0.4, 0.5) is 10.5 Å². The first-order valence-corrected chi connectivity index (χ1v) is 6.69. The first-order valence-electron chi connectivity index (χ1n) is 5.61. The Labute approximate surface area is 124 Å². The highest BCUT2D eigenvalue weighted by Crippen LogP contribution is 2.20. The van der Waals surface area contributed by atoms with E-state index in [1.165, 1.54) is 17.0 Å². The quantitative estimate of drug-likeness (QED) is 0.682. The average molecular weight is 378 g/mol. The van der Waals surface area contributed by atoms with Crippen LogP contribution < -0.4 is 5.32 Å². The molecule has 0 fully saturated rings. The van der Waals surface area contributed by atoms with Crippen LogP contribution in [0.15, 0.2) is 18.2 Å². The van der Waals surface area contributed by atoms with E-state index in [2.05, 4.69) is 5.32 Å². The van der Waals surface area contributed by atoms with Crippen LogP contribution in [0.2, 0.25) is 0 Å². The van der Waals surface area contributed by atoms with Gasteiger partial charge < -0.3 is 20.4 Å². The second kappa shape index (κ2) is 7.29. The number of carbonyl (C=O) groups is 2. The SMILES string of the molecule is CN(CCCO)C(=O)Nc1cc(C(=O)O)ccc1I. The number of amides is 2. The number of carboxylic acids is 1. The predicted octanol–water partition coefficient (Wildman–Crippen LogP) is 1.84. The Bertz CT molecular complexity index is 479. The number of anilines is 1. The molecule has 3 N–H and O–H groups in total. The highest BCUT2D eigenvalue weighted by atomic mass is 127. The Morgan fingerprint density at radius 2 is 2.11 bits per heavy atom. The van der Waals surface area contributed by atoms with Gasteiger partial charge in [0.2, 0.25) is 0 Å². The molecule has 0 spiro atoms. The lowest BCUT2D eigenvalue weighted by Gasteiger charge is -2.18. The van der Waals surface area contributed by atoms with Gasteiger partial charge in [-0.3, -0.25) is 0 Å². The van der Waals surface area contributed by atoms with Crippen LogP contribution in [0.1, 0.15) is 16.8 Å². The Morgan fingerprint density at radius 3 is 2.68 bits per heavy atom. The fraction of sp³-hybridized carbons (Fsp3) is 0.333. The maximum absolute atomic E-state index is 11.8. The maximum atomic E-state index is 11.8. The minimum absolute atomic E-state index is 0.0175. The third-order valence-electron chi connectivity index (χ3n) is 2.45. The van der Waals surface area contributed by atoms with E-state index < -0.39 is 5.97 Å². The van der Waals surface area contributed by atoms with Crippen molar-refractivity contribution in [1.29, 1.82) is 0 Å². The normalized spacial score (nSPS) is 10.1. The number of nitrogens with one attached hydrogen (secondary N) is 1. The van der Waals surface area contributed by atoms with Crippen LogP contribution in [0.25, 0.3) is 0 Å². The summed E-state index contributed by atoms with van der Waals surface area (Å²) in [6.07, 6.45) is 0.496. The molecule has 0 saturated carbocycles. The minimum Gasteiger partial charge on any atom is -0.478 e. The second-order valence-electron chi connectivity index (χ2n) is 3.93. The first-order chi connectivity index (χ1) is 8.95. The third kappa shape index (κ3) is 4.67. The summed E-state index contributed by atoms with van der Waals surface area (Å²) in [5.74, 6) is -1.04. The summed E-state index contributed by atoms with van der Waals surface area (Å²) < 4.78 is 0.756. The van der Waals surface area contributed by atoms with E-state index in [-0.39, 0.29) is 18.2 Å². The Balaban J connectivity index is 2.78. The zero-order valence-electron chi connectivity index (χ0n) is 10.4. The monoisotopic (exact) mass is 378 g/mol. The molecule has 104 valence electrons. The molecule has 0 heterocycles. The Morgan fingerprint density at radius 1 is 1.42 bits per heavy atom. The first kappa shape index (κ1) is 15.7.